The minimum Gasteiger partial charge on any atom is -0.302 e. The standard InChI is InChI=1S/C17H22N2O2/c1-2-13-7-9-18(10-8-13)11-12-19-16(20)14-5-3-4-6-15(14)17(19)21/h3-6,13H,2,7-12H2,1H3. The largest absolute Gasteiger partial charge is 0.302 e. The van der Waals surface area contributed by atoms with Gasteiger partial charge in [-0.1, -0.05) is 25.5 Å². The van der Waals surface area contributed by atoms with Gasteiger partial charge in [0.05, 0.1) is 11.1 Å². The Labute approximate surface area is 125 Å². The van der Waals surface area contributed by atoms with Crippen LogP contribution in [-0.2, 0) is 0 Å². The van der Waals surface area contributed by atoms with Gasteiger partial charge in [-0.25, -0.2) is 0 Å². The number of hydrogen-bond donors (Lipinski definition) is 0. The Morgan fingerprint density at radius 3 is 2.10 bits per heavy atom. The fourth-order valence-corrected chi connectivity index (χ4v) is 3.30. The van der Waals surface area contributed by atoms with E-state index in [9.17, 15) is 9.59 Å². The summed E-state index contributed by atoms with van der Waals surface area (Å²) in [4.78, 5) is 28.3. The second-order valence-electron chi connectivity index (χ2n) is 6.00. The molecule has 0 unspecified atom stereocenters. The Kier molecular flexibility index (Phi) is 4.06. The number of benzene rings is 1. The lowest BCUT2D eigenvalue weighted by Crippen LogP contribution is -2.41. The molecule has 3 rings (SSSR count). The summed E-state index contributed by atoms with van der Waals surface area (Å²) >= 11 is 0. The van der Waals surface area contributed by atoms with Crippen LogP contribution in [0.3, 0.4) is 0 Å². The van der Waals surface area contributed by atoms with E-state index in [0.29, 0.717) is 17.7 Å². The normalized spacial score (nSPS) is 20.1. The summed E-state index contributed by atoms with van der Waals surface area (Å²) in [5.41, 5.74) is 1.10. The summed E-state index contributed by atoms with van der Waals surface area (Å²) in [7, 11) is 0. The maximum Gasteiger partial charge on any atom is 0.261 e. The molecule has 0 saturated carbocycles. The Balaban J connectivity index is 1.58. The van der Waals surface area contributed by atoms with Gasteiger partial charge >= 0.3 is 0 Å². The van der Waals surface area contributed by atoms with E-state index < -0.39 is 0 Å². The van der Waals surface area contributed by atoms with E-state index in [1.165, 1.54) is 24.2 Å². The van der Waals surface area contributed by atoms with E-state index in [4.69, 9.17) is 0 Å². The predicted octanol–water partition coefficient (Wildman–Crippen LogP) is 2.40. The van der Waals surface area contributed by atoms with Crippen molar-refractivity contribution in [3.05, 3.63) is 35.4 Å². The van der Waals surface area contributed by atoms with Gasteiger partial charge in [0.1, 0.15) is 0 Å². The van der Waals surface area contributed by atoms with Crippen molar-refractivity contribution in [1.82, 2.24) is 9.80 Å². The first-order valence-electron chi connectivity index (χ1n) is 7.88. The molecule has 2 amide bonds. The molecule has 1 aromatic carbocycles. The van der Waals surface area contributed by atoms with E-state index in [-0.39, 0.29) is 11.8 Å². The van der Waals surface area contributed by atoms with Crippen LogP contribution in [0.2, 0.25) is 0 Å². The van der Waals surface area contributed by atoms with Crippen LogP contribution in [0.1, 0.15) is 46.9 Å². The molecule has 0 aromatic heterocycles. The first-order valence-corrected chi connectivity index (χ1v) is 7.88. The van der Waals surface area contributed by atoms with Crippen LogP contribution in [0.5, 0.6) is 0 Å². The van der Waals surface area contributed by atoms with Gasteiger partial charge in [0.25, 0.3) is 11.8 Å². The lowest BCUT2D eigenvalue weighted by Gasteiger charge is -2.32. The topological polar surface area (TPSA) is 40.6 Å². The zero-order chi connectivity index (χ0) is 14.8. The zero-order valence-corrected chi connectivity index (χ0v) is 12.5. The smallest absolute Gasteiger partial charge is 0.261 e. The molecule has 112 valence electrons. The van der Waals surface area contributed by atoms with Gasteiger partial charge in [-0.05, 0) is 44.0 Å². The number of imide groups is 1. The van der Waals surface area contributed by atoms with Gasteiger partial charge in [0, 0.05) is 13.1 Å². The molecule has 0 N–H and O–H groups in total. The summed E-state index contributed by atoms with van der Waals surface area (Å²) in [5.74, 6) is 0.568. The summed E-state index contributed by atoms with van der Waals surface area (Å²) < 4.78 is 0. The first-order chi connectivity index (χ1) is 10.2. The third kappa shape index (κ3) is 2.72. The number of carbonyl (C=O) groups excluding carboxylic acids is 2. The van der Waals surface area contributed by atoms with E-state index in [2.05, 4.69) is 11.8 Å². The van der Waals surface area contributed by atoms with Crippen molar-refractivity contribution in [2.24, 2.45) is 5.92 Å². The number of rotatable bonds is 4. The second-order valence-corrected chi connectivity index (χ2v) is 6.00. The summed E-state index contributed by atoms with van der Waals surface area (Å²) in [6.07, 6.45) is 3.73. The number of carbonyl (C=O) groups is 2. The Hall–Kier alpha value is -1.68. The van der Waals surface area contributed by atoms with Crippen molar-refractivity contribution in [2.75, 3.05) is 26.2 Å². The molecule has 2 aliphatic rings. The molecule has 0 atom stereocenters. The lowest BCUT2D eigenvalue weighted by atomic mass is 9.94. The van der Waals surface area contributed by atoms with Crippen LogP contribution in [-0.4, -0.2) is 47.8 Å². The van der Waals surface area contributed by atoms with Crippen molar-refractivity contribution < 1.29 is 9.59 Å². The van der Waals surface area contributed by atoms with Gasteiger partial charge in [-0.2, -0.15) is 0 Å². The molecule has 2 aliphatic heterocycles. The number of amides is 2. The van der Waals surface area contributed by atoms with Crippen LogP contribution >= 0.6 is 0 Å². The summed E-state index contributed by atoms with van der Waals surface area (Å²) in [6, 6.07) is 7.09. The van der Waals surface area contributed by atoms with Crippen LogP contribution < -0.4 is 0 Å². The third-order valence-electron chi connectivity index (χ3n) is 4.80. The molecule has 2 heterocycles. The molecular weight excluding hydrogens is 264 g/mol. The highest BCUT2D eigenvalue weighted by Gasteiger charge is 2.35. The molecule has 1 aromatic rings. The molecule has 1 fully saturated rings. The van der Waals surface area contributed by atoms with Gasteiger partial charge < -0.3 is 4.90 Å². The zero-order valence-electron chi connectivity index (χ0n) is 12.5. The molecule has 0 spiro atoms. The quantitative estimate of drug-likeness (QED) is 0.798. The van der Waals surface area contributed by atoms with Crippen LogP contribution in [0.15, 0.2) is 24.3 Å². The minimum atomic E-state index is -0.140. The van der Waals surface area contributed by atoms with Crippen molar-refractivity contribution >= 4 is 11.8 Å². The Bertz CT molecular complexity index is 512. The lowest BCUT2D eigenvalue weighted by molar-refractivity contribution is 0.0625. The molecule has 0 aliphatic carbocycles. The predicted molar refractivity (Wildman–Crippen MR) is 81.3 cm³/mol. The molecule has 0 radical (unpaired) electrons. The van der Waals surface area contributed by atoms with Gasteiger partial charge in [0.2, 0.25) is 0 Å². The Morgan fingerprint density at radius 1 is 1.00 bits per heavy atom. The van der Waals surface area contributed by atoms with Crippen molar-refractivity contribution in [3.8, 4) is 0 Å². The molecular formula is C17H22N2O2. The van der Waals surface area contributed by atoms with E-state index >= 15 is 0 Å². The van der Waals surface area contributed by atoms with E-state index in [0.717, 1.165) is 25.6 Å². The number of likely N-dealkylation sites (tertiary alicyclic amines) is 1. The van der Waals surface area contributed by atoms with Crippen LogP contribution in [0.4, 0.5) is 0 Å². The van der Waals surface area contributed by atoms with E-state index in [1.54, 1.807) is 12.1 Å². The fraction of sp³-hybridized carbons (Fsp3) is 0.529. The van der Waals surface area contributed by atoms with Crippen LogP contribution in [0.25, 0.3) is 0 Å². The van der Waals surface area contributed by atoms with Gasteiger partial charge in [-0.15, -0.1) is 0 Å². The highest BCUT2D eigenvalue weighted by molar-refractivity contribution is 6.21. The number of fused-ring (bicyclic) bond motifs is 1. The molecule has 21 heavy (non-hydrogen) atoms. The van der Waals surface area contributed by atoms with Crippen molar-refractivity contribution in [3.63, 3.8) is 0 Å². The highest BCUT2D eigenvalue weighted by atomic mass is 16.2. The third-order valence-corrected chi connectivity index (χ3v) is 4.80. The average molecular weight is 286 g/mol. The second kappa shape index (κ2) is 5.98. The number of nitrogens with zero attached hydrogens (tertiary/aromatic N) is 2. The monoisotopic (exact) mass is 286 g/mol. The van der Waals surface area contributed by atoms with E-state index in [1.807, 2.05) is 12.1 Å². The van der Waals surface area contributed by atoms with Crippen LogP contribution in [0, 0.1) is 5.92 Å². The van der Waals surface area contributed by atoms with Crippen molar-refractivity contribution in [2.45, 2.75) is 26.2 Å². The maximum absolute atomic E-state index is 12.3. The average Bonchev–Trinajstić information content (AvgIpc) is 2.78. The maximum atomic E-state index is 12.3. The highest BCUT2D eigenvalue weighted by Crippen LogP contribution is 2.23. The minimum absolute atomic E-state index is 0.140. The summed E-state index contributed by atoms with van der Waals surface area (Å²) in [6.45, 7) is 5.72. The number of hydrogen-bond acceptors (Lipinski definition) is 3. The SMILES string of the molecule is CCC1CCN(CCN2C(=O)c3ccccc3C2=O)CC1. The summed E-state index contributed by atoms with van der Waals surface area (Å²) in [5, 5.41) is 0. The molecule has 0 bridgehead atoms. The van der Waals surface area contributed by atoms with Crippen molar-refractivity contribution in [1.29, 1.82) is 0 Å². The first kappa shape index (κ1) is 14.3. The number of piperidine rings is 1. The molecule has 4 heteroatoms. The Morgan fingerprint density at radius 2 is 1.57 bits per heavy atom. The van der Waals surface area contributed by atoms with Gasteiger partial charge in [-0.3, -0.25) is 14.5 Å². The molecule has 4 nitrogen and oxygen atoms in total. The van der Waals surface area contributed by atoms with Gasteiger partial charge in [0.15, 0.2) is 0 Å². The fourth-order valence-electron chi connectivity index (χ4n) is 3.30. The molecule has 1 saturated heterocycles.